The maximum Gasteiger partial charge on any atom is 0.125 e. The molecule has 1 aromatic carbocycles. The monoisotopic (exact) mass is 293 g/mol. The molecule has 0 unspecified atom stereocenters. The van der Waals surface area contributed by atoms with Gasteiger partial charge in [0.1, 0.15) is 11.6 Å². The summed E-state index contributed by atoms with van der Waals surface area (Å²) < 4.78 is 7.38. The summed E-state index contributed by atoms with van der Waals surface area (Å²) in [4.78, 5) is 9.82. The minimum atomic E-state index is 0.385. The highest BCUT2D eigenvalue weighted by Crippen LogP contribution is 2.24. The average Bonchev–Trinajstić information content (AvgIpc) is 3.07. The Labute approximate surface area is 119 Å². The maximum absolute atomic E-state index is 5.99. The number of nitrogens with zero attached hydrogens (tertiary/aromatic N) is 3. The summed E-state index contributed by atoms with van der Waals surface area (Å²) in [7, 11) is 1.66. The van der Waals surface area contributed by atoms with E-state index in [0.29, 0.717) is 5.88 Å². The minimum absolute atomic E-state index is 0.385. The highest BCUT2D eigenvalue weighted by molar-refractivity contribution is 7.09. The van der Waals surface area contributed by atoms with Crippen molar-refractivity contribution in [3.8, 4) is 5.75 Å². The molecule has 98 valence electrons. The summed E-state index contributed by atoms with van der Waals surface area (Å²) in [5.74, 6) is 2.06. The van der Waals surface area contributed by atoms with Crippen molar-refractivity contribution in [1.29, 1.82) is 0 Å². The molecule has 0 N–H and O–H groups in total. The molecule has 0 atom stereocenters. The molecule has 0 radical (unpaired) electrons. The van der Waals surface area contributed by atoms with Crippen molar-refractivity contribution in [3.63, 3.8) is 0 Å². The first-order valence-corrected chi connectivity index (χ1v) is 7.19. The van der Waals surface area contributed by atoms with Crippen molar-refractivity contribution in [2.75, 3.05) is 7.11 Å². The number of hydrogen-bond donors (Lipinski definition) is 0. The smallest absolute Gasteiger partial charge is 0.125 e. The largest absolute Gasteiger partial charge is 0.497 e. The molecular formula is C13H12ClN3OS. The Morgan fingerprint density at radius 3 is 3.00 bits per heavy atom. The summed E-state index contributed by atoms with van der Waals surface area (Å²) in [6, 6.07) is 5.84. The van der Waals surface area contributed by atoms with Crippen molar-refractivity contribution < 1.29 is 4.74 Å². The van der Waals surface area contributed by atoms with Gasteiger partial charge in [0.2, 0.25) is 0 Å². The Morgan fingerprint density at radius 1 is 1.42 bits per heavy atom. The molecule has 6 heteroatoms. The van der Waals surface area contributed by atoms with Crippen LogP contribution in [0.2, 0.25) is 0 Å². The molecule has 0 saturated heterocycles. The van der Waals surface area contributed by atoms with Crippen LogP contribution in [-0.2, 0) is 12.4 Å². The number of fused-ring (bicyclic) bond motifs is 1. The Hall–Kier alpha value is -1.59. The van der Waals surface area contributed by atoms with Crippen LogP contribution in [0.5, 0.6) is 5.75 Å². The van der Waals surface area contributed by atoms with Crippen LogP contribution in [0.4, 0.5) is 0 Å². The molecule has 19 heavy (non-hydrogen) atoms. The lowest BCUT2D eigenvalue weighted by Crippen LogP contribution is -2.02. The summed E-state index contributed by atoms with van der Waals surface area (Å²) >= 11 is 7.62. The highest BCUT2D eigenvalue weighted by Gasteiger charge is 2.11. The lowest BCUT2D eigenvalue weighted by atomic mass is 10.3. The van der Waals surface area contributed by atoms with E-state index in [2.05, 4.69) is 14.5 Å². The van der Waals surface area contributed by atoms with Crippen molar-refractivity contribution in [2.24, 2.45) is 0 Å². The lowest BCUT2D eigenvalue weighted by molar-refractivity contribution is 0.415. The van der Waals surface area contributed by atoms with E-state index in [1.165, 1.54) is 4.88 Å². The van der Waals surface area contributed by atoms with E-state index in [-0.39, 0.29) is 0 Å². The third kappa shape index (κ3) is 2.31. The molecule has 0 amide bonds. The van der Waals surface area contributed by atoms with Crippen LogP contribution in [0.3, 0.4) is 0 Å². The van der Waals surface area contributed by atoms with Crippen molar-refractivity contribution in [3.05, 3.63) is 40.6 Å². The first-order valence-electron chi connectivity index (χ1n) is 5.78. The summed E-state index contributed by atoms with van der Waals surface area (Å²) in [5, 5.41) is 0. The molecule has 3 aromatic rings. The number of thiazole rings is 1. The van der Waals surface area contributed by atoms with Gasteiger partial charge in [0.15, 0.2) is 0 Å². The summed E-state index contributed by atoms with van der Waals surface area (Å²) in [6.45, 7) is 0.733. The van der Waals surface area contributed by atoms with E-state index in [1.54, 1.807) is 18.4 Å². The van der Waals surface area contributed by atoms with Gasteiger partial charge in [-0.25, -0.2) is 4.98 Å². The van der Waals surface area contributed by atoms with E-state index in [0.717, 1.165) is 29.2 Å². The number of benzene rings is 1. The summed E-state index contributed by atoms with van der Waals surface area (Å²) in [5.41, 5.74) is 3.79. The van der Waals surface area contributed by atoms with Crippen LogP contribution in [0, 0.1) is 0 Å². The molecule has 0 aliphatic carbocycles. The average molecular weight is 294 g/mol. The molecule has 2 aromatic heterocycles. The molecule has 3 rings (SSSR count). The van der Waals surface area contributed by atoms with Gasteiger partial charge in [-0.1, -0.05) is 0 Å². The van der Waals surface area contributed by atoms with Gasteiger partial charge in [-0.15, -0.1) is 22.9 Å². The Morgan fingerprint density at radius 2 is 2.32 bits per heavy atom. The fraction of sp³-hybridized carbons (Fsp3) is 0.231. The molecule has 0 fully saturated rings. The van der Waals surface area contributed by atoms with Crippen LogP contribution in [-0.4, -0.2) is 21.6 Å². The normalized spacial score (nSPS) is 11.1. The van der Waals surface area contributed by atoms with Crippen LogP contribution in [0.25, 0.3) is 11.0 Å². The second kappa shape index (κ2) is 5.19. The predicted molar refractivity (Wildman–Crippen MR) is 77.1 cm³/mol. The second-order valence-corrected chi connectivity index (χ2v) is 5.31. The van der Waals surface area contributed by atoms with E-state index < -0.39 is 0 Å². The Bertz CT molecular complexity index is 693. The third-order valence-corrected chi connectivity index (χ3v) is 3.95. The minimum Gasteiger partial charge on any atom is -0.497 e. The summed E-state index contributed by atoms with van der Waals surface area (Å²) in [6.07, 6.45) is 1.87. The number of hydrogen-bond acceptors (Lipinski definition) is 4. The number of halogens is 1. The second-order valence-electron chi connectivity index (χ2n) is 4.07. The number of ether oxygens (including phenoxy) is 1. The first-order chi connectivity index (χ1) is 9.31. The SMILES string of the molecule is COc1ccc2nc(CCl)n(Cc3cncs3)c2c1. The number of methoxy groups -OCH3 is 1. The predicted octanol–water partition coefficient (Wildman–Crippen LogP) is 3.29. The van der Waals surface area contributed by atoms with Crippen LogP contribution in [0.15, 0.2) is 29.9 Å². The van der Waals surface area contributed by atoms with E-state index >= 15 is 0 Å². The first kappa shape index (κ1) is 12.4. The molecule has 0 spiro atoms. The van der Waals surface area contributed by atoms with Gasteiger partial charge in [-0.2, -0.15) is 0 Å². The van der Waals surface area contributed by atoms with E-state index in [4.69, 9.17) is 16.3 Å². The van der Waals surface area contributed by atoms with E-state index in [9.17, 15) is 0 Å². The van der Waals surface area contributed by atoms with Crippen LogP contribution >= 0.6 is 22.9 Å². The van der Waals surface area contributed by atoms with Gasteiger partial charge in [-0.3, -0.25) is 4.98 Å². The van der Waals surface area contributed by atoms with Crippen molar-refractivity contribution in [2.45, 2.75) is 12.4 Å². The van der Waals surface area contributed by atoms with Gasteiger partial charge < -0.3 is 9.30 Å². The van der Waals surface area contributed by atoms with Crippen molar-refractivity contribution >= 4 is 34.0 Å². The van der Waals surface area contributed by atoms with Gasteiger partial charge in [0.25, 0.3) is 0 Å². The van der Waals surface area contributed by atoms with E-state index in [1.807, 2.05) is 29.9 Å². The molecule has 0 aliphatic rings. The molecule has 0 bridgehead atoms. The zero-order chi connectivity index (χ0) is 13.2. The third-order valence-electron chi connectivity index (χ3n) is 2.95. The number of rotatable bonds is 4. The molecule has 0 aliphatic heterocycles. The van der Waals surface area contributed by atoms with Crippen LogP contribution in [0.1, 0.15) is 10.7 Å². The molecular weight excluding hydrogens is 282 g/mol. The standard InChI is InChI=1S/C13H12ClN3OS/c1-18-9-2-3-11-12(4-9)17(13(5-14)16-11)7-10-6-15-8-19-10/h2-4,6,8H,5,7H2,1H3. The van der Waals surface area contributed by atoms with Gasteiger partial charge >= 0.3 is 0 Å². The maximum atomic E-state index is 5.99. The zero-order valence-electron chi connectivity index (χ0n) is 10.3. The zero-order valence-corrected chi connectivity index (χ0v) is 11.9. The van der Waals surface area contributed by atoms with Crippen LogP contribution < -0.4 is 4.74 Å². The topological polar surface area (TPSA) is 39.9 Å². The van der Waals surface area contributed by atoms with Gasteiger partial charge in [-0.05, 0) is 12.1 Å². The quantitative estimate of drug-likeness (QED) is 0.693. The molecule has 4 nitrogen and oxygen atoms in total. The Kier molecular flexibility index (Phi) is 3.40. The number of aromatic nitrogens is 3. The lowest BCUT2D eigenvalue weighted by Gasteiger charge is -2.06. The van der Waals surface area contributed by atoms with Gasteiger partial charge in [0.05, 0.1) is 36.1 Å². The fourth-order valence-corrected chi connectivity index (χ4v) is 2.82. The van der Waals surface area contributed by atoms with Gasteiger partial charge in [0, 0.05) is 17.1 Å². The highest BCUT2D eigenvalue weighted by atomic mass is 35.5. The Balaban J connectivity index is 2.13. The van der Waals surface area contributed by atoms with Crippen molar-refractivity contribution in [1.82, 2.24) is 14.5 Å². The number of alkyl halides is 1. The molecule has 0 saturated carbocycles. The number of imidazole rings is 1. The fourth-order valence-electron chi connectivity index (χ4n) is 2.03. The molecule has 2 heterocycles.